The first-order valence-electron chi connectivity index (χ1n) is 10.8. The number of ether oxygens (including phenoxy) is 1. The Labute approximate surface area is 175 Å². The van der Waals surface area contributed by atoms with E-state index >= 15 is 0 Å². The molecule has 0 spiro atoms. The molecule has 3 heterocycles. The molecule has 2 bridgehead atoms. The van der Waals surface area contributed by atoms with Crippen molar-refractivity contribution in [1.29, 1.82) is 0 Å². The van der Waals surface area contributed by atoms with Gasteiger partial charge in [0.1, 0.15) is 17.7 Å². The van der Waals surface area contributed by atoms with Crippen molar-refractivity contribution in [2.75, 3.05) is 19.6 Å². The molecule has 1 aliphatic carbocycles. The maximum Gasteiger partial charge on any atom is 0.407 e. The summed E-state index contributed by atoms with van der Waals surface area (Å²) in [7, 11) is 0. The molecule has 1 unspecified atom stereocenters. The number of carbonyl (C=O) groups excluding carboxylic acids is 1. The first-order chi connectivity index (χ1) is 14.6. The van der Waals surface area contributed by atoms with E-state index in [0.717, 1.165) is 75.0 Å². The molecular formula is C24H26F2N2O2. The number of nitrogens with zero attached hydrogens (tertiary/aromatic N) is 1. The van der Waals surface area contributed by atoms with Crippen LogP contribution in [0.25, 0.3) is 11.1 Å². The molecule has 30 heavy (non-hydrogen) atoms. The van der Waals surface area contributed by atoms with Crippen LogP contribution in [0.3, 0.4) is 0 Å². The van der Waals surface area contributed by atoms with Crippen LogP contribution in [0, 0.1) is 17.6 Å². The zero-order valence-electron chi connectivity index (χ0n) is 16.9. The highest BCUT2D eigenvalue weighted by molar-refractivity contribution is 5.70. The van der Waals surface area contributed by atoms with Crippen molar-refractivity contribution in [3.8, 4) is 11.1 Å². The van der Waals surface area contributed by atoms with E-state index in [2.05, 4.69) is 10.2 Å². The minimum Gasteiger partial charge on any atom is -0.445 e. The highest BCUT2D eigenvalue weighted by atomic mass is 19.1. The molecule has 1 N–H and O–H groups in total. The number of piperidine rings is 3. The molecule has 2 aromatic rings. The molecule has 3 fully saturated rings. The van der Waals surface area contributed by atoms with E-state index in [9.17, 15) is 13.6 Å². The number of halogens is 2. The van der Waals surface area contributed by atoms with Gasteiger partial charge in [-0.1, -0.05) is 12.1 Å². The Balaban J connectivity index is 1.34. The summed E-state index contributed by atoms with van der Waals surface area (Å²) in [4.78, 5) is 15.0. The third-order valence-corrected chi connectivity index (χ3v) is 6.85. The number of nitrogens with one attached hydrogen (secondary N) is 1. The number of benzene rings is 2. The van der Waals surface area contributed by atoms with Gasteiger partial charge in [-0.25, -0.2) is 13.6 Å². The average Bonchev–Trinajstić information content (AvgIpc) is 2.76. The van der Waals surface area contributed by atoms with Crippen LogP contribution in [0.5, 0.6) is 0 Å². The van der Waals surface area contributed by atoms with Crippen LogP contribution in [-0.2, 0) is 11.2 Å². The topological polar surface area (TPSA) is 41.6 Å². The lowest BCUT2D eigenvalue weighted by molar-refractivity contribution is -0.0340. The van der Waals surface area contributed by atoms with Crippen LogP contribution < -0.4 is 5.32 Å². The van der Waals surface area contributed by atoms with Crippen LogP contribution in [0.15, 0.2) is 36.4 Å². The number of fused-ring (bicyclic) bond motifs is 4. The van der Waals surface area contributed by atoms with E-state index in [0.29, 0.717) is 11.5 Å². The van der Waals surface area contributed by atoms with Crippen LogP contribution >= 0.6 is 0 Å². The second-order valence-corrected chi connectivity index (χ2v) is 8.71. The van der Waals surface area contributed by atoms with Gasteiger partial charge < -0.3 is 10.1 Å². The summed E-state index contributed by atoms with van der Waals surface area (Å²) in [6, 6.07) is 8.96. The van der Waals surface area contributed by atoms with E-state index in [1.165, 1.54) is 6.07 Å². The summed E-state index contributed by atoms with van der Waals surface area (Å²) < 4.78 is 33.7. The Bertz CT molecular complexity index is 956. The summed E-state index contributed by atoms with van der Waals surface area (Å²) in [5.41, 5.74) is 2.95. The third-order valence-electron chi connectivity index (χ3n) is 6.85. The molecule has 1 amide bonds. The summed E-state index contributed by atoms with van der Waals surface area (Å²) in [6.07, 6.45) is 4.44. The zero-order chi connectivity index (χ0) is 20.7. The Kier molecular flexibility index (Phi) is 5.19. The van der Waals surface area contributed by atoms with E-state index in [4.69, 9.17) is 4.74 Å². The predicted molar refractivity (Wildman–Crippen MR) is 110 cm³/mol. The van der Waals surface area contributed by atoms with Gasteiger partial charge in [-0.15, -0.1) is 0 Å². The van der Waals surface area contributed by atoms with Crippen molar-refractivity contribution < 1.29 is 18.3 Å². The molecule has 158 valence electrons. The maximum absolute atomic E-state index is 14.3. The van der Waals surface area contributed by atoms with E-state index < -0.39 is 11.6 Å². The minimum atomic E-state index is -0.472. The maximum atomic E-state index is 14.3. The number of amides is 1. The van der Waals surface area contributed by atoms with Crippen LogP contribution in [0.4, 0.5) is 13.6 Å². The fourth-order valence-electron chi connectivity index (χ4n) is 5.19. The molecule has 4 nitrogen and oxygen atoms in total. The lowest BCUT2D eigenvalue weighted by Crippen LogP contribution is -2.52. The molecule has 2 aromatic carbocycles. The minimum absolute atomic E-state index is 0.0386. The van der Waals surface area contributed by atoms with Crippen molar-refractivity contribution in [2.45, 2.75) is 44.2 Å². The smallest absolute Gasteiger partial charge is 0.407 e. The Hall–Kier alpha value is -2.47. The Morgan fingerprint density at radius 1 is 1.07 bits per heavy atom. The van der Waals surface area contributed by atoms with Gasteiger partial charge in [0.25, 0.3) is 0 Å². The summed E-state index contributed by atoms with van der Waals surface area (Å²) in [5, 5.41) is 3.04. The van der Waals surface area contributed by atoms with Gasteiger partial charge >= 0.3 is 6.09 Å². The Morgan fingerprint density at radius 3 is 2.67 bits per heavy atom. The first-order valence-corrected chi connectivity index (χ1v) is 10.8. The number of alkyl carbamates (subject to hydrolysis) is 1. The summed E-state index contributed by atoms with van der Waals surface area (Å²) in [5.74, 6) is -0.472. The van der Waals surface area contributed by atoms with Crippen molar-refractivity contribution in [3.05, 3.63) is 59.2 Å². The van der Waals surface area contributed by atoms with Gasteiger partial charge in [0, 0.05) is 12.1 Å². The number of hydrogen-bond donors (Lipinski definition) is 1. The van der Waals surface area contributed by atoms with Crippen molar-refractivity contribution in [3.63, 3.8) is 0 Å². The molecule has 6 rings (SSSR count). The number of carbonyl (C=O) groups is 1. The molecule has 0 saturated carbocycles. The zero-order valence-corrected chi connectivity index (χ0v) is 16.9. The highest BCUT2D eigenvalue weighted by Gasteiger charge is 2.37. The summed E-state index contributed by atoms with van der Waals surface area (Å²) in [6.45, 7) is 3.02. The third kappa shape index (κ3) is 3.81. The van der Waals surface area contributed by atoms with Gasteiger partial charge in [-0.05, 0) is 92.1 Å². The van der Waals surface area contributed by atoms with Crippen LogP contribution in [0.2, 0.25) is 0 Å². The lowest BCUT2D eigenvalue weighted by Gasteiger charge is -2.44. The van der Waals surface area contributed by atoms with E-state index in [1.54, 1.807) is 0 Å². The quantitative estimate of drug-likeness (QED) is 0.785. The van der Waals surface area contributed by atoms with Crippen LogP contribution in [-0.4, -0.2) is 36.7 Å². The average molecular weight is 412 g/mol. The largest absolute Gasteiger partial charge is 0.445 e. The second-order valence-electron chi connectivity index (χ2n) is 8.71. The number of hydrogen-bond acceptors (Lipinski definition) is 3. The van der Waals surface area contributed by atoms with Gasteiger partial charge in [-0.3, -0.25) is 4.90 Å². The molecule has 3 aliphatic heterocycles. The SMILES string of the molecule is O=C(NC1CCCc2ccc(-c3cc(F)ccc3F)cc21)O[C@@H]1CN2CCC1CC2. The molecule has 3 saturated heterocycles. The standard InChI is InChI=1S/C24H26F2N2O2/c25-18-6-7-21(26)19(13-18)17-5-4-15-2-1-3-22(20(15)12-17)27-24(29)30-23-14-28-10-8-16(23)9-11-28/h4-7,12-13,16,22-23H,1-3,8-11,14H2,(H,27,29)/t22?,23-/m1/s1. The fraction of sp³-hybridized carbons (Fsp3) is 0.458. The second kappa shape index (κ2) is 7.99. The number of rotatable bonds is 3. The molecular weight excluding hydrogens is 386 g/mol. The molecule has 0 aromatic heterocycles. The van der Waals surface area contributed by atoms with Crippen LogP contribution in [0.1, 0.15) is 42.9 Å². The van der Waals surface area contributed by atoms with Gasteiger partial charge in [-0.2, -0.15) is 0 Å². The van der Waals surface area contributed by atoms with Gasteiger partial charge in [0.2, 0.25) is 0 Å². The van der Waals surface area contributed by atoms with E-state index in [-0.39, 0.29) is 23.8 Å². The van der Waals surface area contributed by atoms with Crippen molar-refractivity contribution in [2.24, 2.45) is 5.92 Å². The molecule has 4 aliphatic rings. The molecule has 2 atom stereocenters. The van der Waals surface area contributed by atoms with Gasteiger partial charge in [0.05, 0.1) is 6.04 Å². The molecule has 0 radical (unpaired) electrons. The lowest BCUT2D eigenvalue weighted by atomic mass is 9.85. The highest BCUT2D eigenvalue weighted by Crippen LogP contribution is 2.35. The fourth-order valence-corrected chi connectivity index (χ4v) is 5.19. The van der Waals surface area contributed by atoms with Crippen molar-refractivity contribution >= 4 is 6.09 Å². The Morgan fingerprint density at radius 2 is 1.90 bits per heavy atom. The summed E-state index contributed by atoms with van der Waals surface area (Å²) >= 11 is 0. The van der Waals surface area contributed by atoms with Gasteiger partial charge in [0.15, 0.2) is 0 Å². The first kappa shape index (κ1) is 19.5. The molecule has 6 heteroatoms. The normalized spacial score (nSPS) is 27.4. The number of aryl methyl sites for hydroxylation is 1. The van der Waals surface area contributed by atoms with Crippen molar-refractivity contribution in [1.82, 2.24) is 10.2 Å². The monoisotopic (exact) mass is 412 g/mol. The predicted octanol–water partition coefficient (Wildman–Crippen LogP) is 4.83. The van der Waals surface area contributed by atoms with E-state index in [1.807, 2.05) is 18.2 Å².